The molecule has 0 aliphatic rings. The smallest absolute Gasteiger partial charge is 0.251 e. The van der Waals surface area contributed by atoms with Gasteiger partial charge in [0.25, 0.3) is 22.2 Å². The molecule has 4 unspecified atom stereocenters. The Morgan fingerprint density at radius 2 is 0.574 bits per heavy atom. The van der Waals surface area contributed by atoms with Crippen LogP contribution in [0.3, 0.4) is 0 Å². The number of nitrogens with zero attached hydrogens (tertiary/aromatic N) is 15. The van der Waals surface area contributed by atoms with Crippen molar-refractivity contribution >= 4 is 140 Å². The largest absolute Gasteiger partial charge is 0.374 e. The fourth-order valence-corrected chi connectivity index (χ4v) is 23.0. The number of halogens is 4. The van der Waals surface area contributed by atoms with Crippen molar-refractivity contribution in [3.05, 3.63) is 452 Å². The van der Waals surface area contributed by atoms with Gasteiger partial charge in [0.2, 0.25) is 0 Å². The van der Waals surface area contributed by atoms with Crippen molar-refractivity contribution in [2.75, 3.05) is 53.3 Å². The molecule has 11 aromatic heterocycles. The van der Waals surface area contributed by atoms with E-state index in [0.717, 1.165) is 110 Å². The molecule has 0 spiro atoms. The normalized spacial score (nSPS) is 13.6. The average molecular weight is 2130 g/mol. The lowest BCUT2D eigenvalue weighted by Gasteiger charge is -2.32. The molecule has 0 aliphatic heterocycles. The van der Waals surface area contributed by atoms with Crippen LogP contribution >= 0.6 is 75.0 Å². The van der Waals surface area contributed by atoms with E-state index in [9.17, 15) is 47.7 Å². The van der Waals surface area contributed by atoms with Crippen LogP contribution in [0.25, 0.3) is 88.2 Å². The van der Waals surface area contributed by atoms with E-state index >= 15 is 0 Å². The van der Waals surface area contributed by atoms with Crippen molar-refractivity contribution < 1.29 is 28.5 Å². The van der Waals surface area contributed by atoms with Gasteiger partial charge in [0.15, 0.2) is 11.2 Å². The third-order valence-electron chi connectivity index (χ3n) is 27.3. The van der Waals surface area contributed by atoms with E-state index in [-0.39, 0.29) is 22.2 Å². The van der Waals surface area contributed by atoms with E-state index in [2.05, 4.69) is 34.9 Å². The molecule has 35 heteroatoms. The Morgan fingerprint density at radius 1 is 0.284 bits per heavy atom. The molecule has 752 valence electrons. The molecule has 6 N–H and O–H groups in total. The number of rotatable bonds is 20. The van der Waals surface area contributed by atoms with E-state index in [1.807, 2.05) is 194 Å². The van der Waals surface area contributed by atoms with Crippen LogP contribution in [0.15, 0.2) is 343 Å². The van der Waals surface area contributed by atoms with Gasteiger partial charge in [-0.15, -0.1) is 0 Å². The van der Waals surface area contributed by atoms with Gasteiger partial charge in [-0.3, -0.25) is 34.1 Å². The maximum atomic E-state index is 12.8. The van der Waals surface area contributed by atoms with E-state index < -0.39 is 50.8 Å². The molecule has 27 nitrogen and oxygen atoms in total. The Balaban J connectivity index is 0.000000135. The van der Waals surface area contributed by atoms with E-state index in [1.165, 1.54) is 6.07 Å². The molecule has 0 saturated heterocycles. The number of aliphatic hydroxyl groups is 2. The Hall–Kier alpha value is -14.0. The van der Waals surface area contributed by atoms with Crippen LogP contribution in [-0.2, 0) is 96.9 Å². The maximum absolute atomic E-state index is 12.8. The summed E-state index contributed by atoms with van der Waals surface area (Å²) in [6.45, 7) is 13.6. The second-order valence-corrected chi connectivity index (χ2v) is 53.0. The highest BCUT2D eigenvalue weighted by Gasteiger charge is 2.42. The van der Waals surface area contributed by atoms with Gasteiger partial charge >= 0.3 is 0 Å². The zero-order valence-electron chi connectivity index (χ0n) is 83.9. The van der Waals surface area contributed by atoms with Crippen molar-refractivity contribution in [1.29, 1.82) is 0 Å². The highest BCUT2D eigenvalue weighted by molar-refractivity contribution is 7.71. The van der Waals surface area contributed by atoms with Crippen molar-refractivity contribution in [2.24, 2.45) is 67.8 Å². The van der Waals surface area contributed by atoms with Gasteiger partial charge in [-0.25, -0.2) is 19.9 Å². The van der Waals surface area contributed by atoms with Crippen LogP contribution in [0, 0.1) is 0 Å². The third kappa shape index (κ3) is 20.3. The standard InChI is InChI=1S/C29H28ClN4O2P.C29H27ClN3O3P.C28H27ClN5O2P.C27H25ClN5O3P/c1-33-18-32-17-27(33)29(31,20-8-11-23(12-9-20)37(3,4)36)21-10-13-26-25(15-21)24(16-28(35)34(26)2)19-6-5-7-22(30)14-19;1-32-18-31-17-27(32)29(35,20-8-11-23(12-9-20)37(3,4)36)21-10-13-26-25(15-21)24(16-28(34)33(26)2)19-6-5-7-22(30)14-19;1-33-17-31-16-25(33)28(30,20-9-11-26(32-15-20)37(3,4)36)19-8-10-24-23(13-19)22(14-27(35)34(24)2)18-6-5-7-21(29)12-18;1-32-16-29-15-24(32)27(35,18-6-8-25(31-14-18)37(3,4)36)17-5-7-23-21(11-17)20(13-26(34)33(23)2)22-12-19(28)9-10-30-22/h5-18H,31H2,1-4H3;5-18,35H,1-4H3;5-17H,30H2,1-4H3;5-16,35H,1-4H3. The quantitative estimate of drug-likeness (QED) is 0.0515. The zero-order chi connectivity index (χ0) is 106. The molecule has 20 aromatic rings. The van der Waals surface area contributed by atoms with Gasteiger partial charge < -0.3 is 76.5 Å². The summed E-state index contributed by atoms with van der Waals surface area (Å²) in [6, 6.07) is 76.7. The minimum atomic E-state index is -2.58. The molecular weight excluding hydrogens is 2020 g/mol. The topological polar surface area (TPSA) is 359 Å². The van der Waals surface area contributed by atoms with Crippen molar-refractivity contribution in [1.82, 2.24) is 71.4 Å². The van der Waals surface area contributed by atoms with Crippen LogP contribution in [0.5, 0.6) is 0 Å². The predicted octanol–water partition coefficient (Wildman–Crippen LogP) is 18.6. The molecule has 20 rings (SSSR count). The summed E-state index contributed by atoms with van der Waals surface area (Å²) < 4.78 is 64.1. The first-order chi connectivity index (χ1) is 70.0. The summed E-state index contributed by atoms with van der Waals surface area (Å²) in [7, 11) is 4.37. The SMILES string of the molecule is Cn1cncc1C(N)(c1ccc(P(C)(C)=O)cc1)c1ccc2c(c1)c(-c1cccc(Cl)c1)cc(=O)n2C.Cn1cncc1C(N)(c1ccc(P(C)(C)=O)nc1)c1ccc2c(c1)c(-c1cccc(Cl)c1)cc(=O)n2C.Cn1cncc1C(O)(c1ccc(P(C)(C)=O)cc1)c1ccc2c(c1)c(-c1cccc(Cl)c1)cc(=O)n2C.Cn1cncc1C(O)(c1ccc(P(C)(C)=O)nc1)c1ccc2c(c1)c(-c1cc(Cl)ccn1)cc(=O)n2C. The first-order valence-electron chi connectivity index (χ1n) is 46.7. The molecule has 9 aromatic carbocycles. The number of nitrogens with two attached hydrogens (primary N) is 2. The van der Waals surface area contributed by atoms with Crippen LogP contribution in [0.4, 0.5) is 0 Å². The number of benzene rings is 9. The number of aryl methyl sites for hydroxylation is 8. The molecule has 0 saturated carbocycles. The fourth-order valence-electron chi connectivity index (χ4n) is 19.0. The minimum absolute atomic E-state index is 0.111. The highest BCUT2D eigenvalue weighted by Crippen LogP contribution is 2.48. The van der Waals surface area contributed by atoms with E-state index in [4.69, 9.17) is 57.9 Å². The summed E-state index contributed by atoms with van der Waals surface area (Å²) in [5.41, 5.74) is 26.6. The molecular formula is C113H107Cl4N17O10P4. The van der Waals surface area contributed by atoms with Gasteiger partial charge in [0, 0.05) is 168 Å². The minimum Gasteiger partial charge on any atom is -0.374 e. The van der Waals surface area contributed by atoms with E-state index in [0.29, 0.717) is 86.8 Å². The monoisotopic (exact) mass is 2130 g/mol. The number of imidazole rings is 4. The summed E-state index contributed by atoms with van der Waals surface area (Å²) in [5.74, 6) is 0. The second kappa shape index (κ2) is 40.9. The number of fused-ring (bicyclic) bond motifs is 4. The van der Waals surface area contributed by atoms with Crippen molar-refractivity contribution in [3.63, 3.8) is 0 Å². The van der Waals surface area contributed by atoms with Gasteiger partial charge in [-0.1, -0.05) is 168 Å². The first kappa shape index (κ1) is 105. The number of pyridine rings is 7. The molecule has 0 amide bonds. The van der Waals surface area contributed by atoms with Crippen LogP contribution in [0.2, 0.25) is 20.1 Å². The van der Waals surface area contributed by atoms with Gasteiger partial charge in [0.1, 0.15) is 39.6 Å². The number of aromatic nitrogens is 15. The summed E-state index contributed by atoms with van der Waals surface area (Å²) in [4.78, 5) is 81.7. The predicted molar refractivity (Wildman–Crippen MR) is 599 cm³/mol. The maximum Gasteiger partial charge on any atom is 0.251 e. The van der Waals surface area contributed by atoms with Crippen molar-refractivity contribution in [2.45, 2.75) is 22.3 Å². The van der Waals surface area contributed by atoms with Gasteiger partial charge in [-0.2, -0.15) is 0 Å². The molecule has 148 heavy (non-hydrogen) atoms. The van der Waals surface area contributed by atoms with Crippen LogP contribution in [0.1, 0.15) is 67.3 Å². The third-order valence-corrected chi connectivity index (χ3v) is 34.0. The molecule has 11 heterocycles. The van der Waals surface area contributed by atoms with Gasteiger partial charge in [-0.05, 0) is 229 Å². The second-order valence-electron chi connectivity index (χ2n) is 38.5. The summed E-state index contributed by atoms with van der Waals surface area (Å²) in [5, 5.41) is 31.9. The molecule has 4 atom stereocenters. The Kier molecular flexibility index (Phi) is 29.1. The lowest BCUT2D eigenvalue weighted by molar-refractivity contribution is 0.117. The lowest BCUT2D eigenvalue weighted by Crippen LogP contribution is -2.41. The molecule has 0 aliphatic carbocycles. The Bertz CT molecular complexity index is 8050. The summed E-state index contributed by atoms with van der Waals surface area (Å²) in [6.07, 6.45) is 18.2. The first-order valence-corrected chi connectivity index (χ1v) is 58.6. The molecule has 0 radical (unpaired) electrons. The fraction of sp³-hybridized carbons (Fsp3) is 0.177. The molecule has 0 bridgehead atoms. The average Bonchev–Trinajstić information content (AvgIpc) is 0.858. The van der Waals surface area contributed by atoms with Crippen LogP contribution < -0.4 is 55.2 Å². The zero-order valence-corrected chi connectivity index (χ0v) is 90.5. The number of hydrogen-bond acceptors (Lipinski definition) is 19. The summed E-state index contributed by atoms with van der Waals surface area (Å²) >= 11 is 25.1. The van der Waals surface area contributed by atoms with E-state index in [1.54, 1.807) is 270 Å². The number of hydrogen-bond donors (Lipinski definition) is 4. The molecule has 0 fully saturated rings. The highest BCUT2D eigenvalue weighted by atomic mass is 35.5. The van der Waals surface area contributed by atoms with Crippen LogP contribution in [-0.4, -0.2) is 135 Å². The Morgan fingerprint density at radius 3 is 0.892 bits per heavy atom. The lowest BCUT2D eigenvalue weighted by atomic mass is 9.80. The Labute approximate surface area is 874 Å². The van der Waals surface area contributed by atoms with Crippen molar-refractivity contribution in [3.8, 4) is 44.6 Å². The van der Waals surface area contributed by atoms with Gasteiger partial charge in [0.05, 0.1) is 112 Å².